The second-order valence-corrected chi connectivity index (χ2v) is 5.82. The number of nitrogens with one attached hydrogen (secondary N) is 2. The van der Waals surface area contributed by atoms with Crippen molar-refractivity contribution in [2.45, 2.75) is 32.4 Å². The highest BCUT2D eigenvalue weighted by molar-refractivity contribution is 9.10. The molecule has 0 aromatic heterocycles. The van der Waals surface area contributed by atoms with Gasteiger partial charge in [-0.15, -0.1) is 0 Å². The molecule has 2 N–H and O–H groups in total. The lowest BCUT2D eigenvalue weighted by molar-refractivity contribution is -0.123. The van der Waals surface area contributed by atoms with Gasteiger partial charge in [0.1, 0.15) is 0 Å². The SMILES string of the molecule is COCCNC(=O)C(C)NC(C)Cc1ccc(Br)cc1. The van der Waals surface area contributed by atoms with Crippen LogP contribution < -0.4 is 10.6 Å². The Balaban J connectivity index is 2.35. The third kappa shape index (κ3) is 6.50. The Labute approximate surface area is 129 Å². The molecule has 0 radical (unpaired) electrons. The molecule has 20 heavy (non-hydrogen) atoms. The Morgan fingerprint density at radius 3 is 2.55 bits per heavy atom. The standard InChI is InChI=1S/C15H23BrN2O2/c1-11(10-13-4-6-14(16)7-5-13)18-12(2)15(19)17-8-9-20-3/h4-7,11-12,18H,8-10H2,1-3H3,(H,17,19). The second-order valence-electron chi connectivity index (χ2n) is 4.90. The summed E-state index contributed by atoms with van der Waals surface area (Å²) < 4.78 is 5.98. The van der Waals surface area contributed by atoms with E-state index in [0.29, 0.717) is 13.2 Å². The third-order valence-electron chi connectivity index (χ3n) is 2.99. The van der Waals surface area contributed by atoms with Gasteiger partial charge in [-0.25, -0.2) is 0 Å². The molecule has 1 aromatic carbocycles. The van der Waals surface area contributed by atoms with Crippen LogP contribution in [0.15, 0.2) is 28.7 Å². The van der Waals surface area contributed by atoms with Crippen LogP contribution in [0.2, 0.25) is 0 Å². The van der Waals surface area contributed by atoms with Gasteiger partial charge in [0, 0.05) is 24.2 Å². The van der Waals surface area contributed by atoms with Crippen molar-refractivity contribution in [1.29, 1.82) is 0 Å². The van der Waals surface area contributed by atoms with E-state index in [2.05, 4.69) is 45.6 Å². The molecule has 2 atom stereocenters. The minimum atomic E-state index is -0.211. The molecule has 0 aliphatic carbocycles. The molecule has 1 amide bonds. The number of amides is 1. The number of rotatable bonds is 8. The topological polar surface area (TPSA) is 50.4 Å². The lowest BCUT2D eigenvalue weighted by atomic mass is 10.1. The van der Waals surface area contributed by atoms with Crippen molar-refractivity contribution >= 4 is 21.8 Å². The highest BCUT2D eigenvalue weighted by atomic mass is 79.9. The number of hydrogen-bond acceptors (Lipinski definition) is 3. The van der Waals surface area contributed by atoms with Crippen molar-refractivity contribution in [3.8, 4) is 0 Å². The van der Waals surface area contributed by atoms with Crippen LogP contribution in [0.4, 0.5) is 0 Å². The van der Waals surface area contributed by atoms with Gasteiger partial charge in [0.05, 0.1) is 12.6 Å². The monoisotopic (exact) mass is 342 g/mol. The van der Waals surface area contributed by atoms with Crippen LogP contribution in [0.3, 0.4) is 0 Å². The normalized spacial score (nSPS) is 13.8. The average molecular weight is 343 g/mol. The van der Waals surface area contributed by atoms with Gasteiger partial charge >= 0.3 is 0 Å². The molecule has 1 aromatic rings. The minimum absolute atomic E-state index is 0.00436. The van der Waals surface area contributed by atoms with Crippen molar-refractivity contribution in [3.63, 3.8) is 0 Å². The second kappa shape index (κ2) is 9.10. The van der Waals surface area contributed by atoms with Crippen LogP contribution in [-0.4, -0.2) is 38.3 Å². The summed E-state index contributed by atoms with van der Waals surface area (Å²) in [5.41, 5.74) is 1.25. The number of methoxy groups -OCH3 is 1. The maximum absolute atomic E-state index is 11.8. The van der Waals surface area contributed by atoms with Crippen LogP contribution in [0.25, 0.3) is 0 Å². The molecule has 5 heteroatoms. The molecule has 112 valence electrons. The zero-order valence-electron chi connectivity index (χ0n) is 12.3. The van der Waals surface area contributed by atoms with E-state index in [0.717, 1.165) is 10.9 Å². The van der Waals surface area contributed by atoms with Crippen LogP contribution in [0.1, 0.15) is 19.4 Å². The van der Waals surface area contributed by atoms with Crippen molar-refractivity contribution < 1.29 is 9.53 Å². The summed E-state index contributed by atoms with van der Waals surface area (Å²) in [4.78, 5) is 11.8. The predicted octanol–water partition coefficient (Wildman–Crippen LogP) is 2.12. The molecule has 1 rings (SSSR count). The fourth-order valence-electron chi connectivity index (χ4n) is 1.96. The molecule has 2 unspecified atom stereocenters. The van der Waals surface area contributed by atoms with E-state index < -0.39 is 0 Å². The van der Waals surface area contributed by atoms with E-state index >= 15 is 0 Å². The highest BCUT2D eigenvalue weighted by Crippen LogP contribution is 2.12. The highest BCUT2D eigenvalue weighted by Gasteiger charge is 2.14. The summed E-state index contributed by atoms with van der Waals surface area (Å²) in [6.45, 7) is 5.04. The van der Waals surface area contributed by atoms with Crippen molar-refractivity contribution in [2.75, 3.05) is 20.3 Å². The van der Waals surface area contributed by atoms with Gasteiger partial charge < -0.3 is 15.4 Å². The summed E-state index contributed by atoms with van der Waals surface area (Å²) in [6, 6.07) is 8.26. The Morgan fingerprint density at radius 2 is 1.95 bits per heavy atom. The Kier molecular flexibility index (Phi) is 7.80. The number of halogens is 1. The summed E-state index contributed by atoms with van der Waals surface area (Å²) in [7, 11) is 1.62. The third-order valence-corrected chi connectivity index (χ3v) is 3.52. The molecule has 0 aliphatic heterocycles. The summed E-state index contributed by atoms with van der Waals surface area (Å²) >= 11 is 3.42. The van der Waals surface area contributed by atoms with Crippen molar-refractivity contribution in [1.82, 2.24) is 10.6 Å². The quantitative estimate of drug-likeness (QED) is 0.711. The lowest BCUT2D eigenvalue weighted by Gasteiger charge is -2.19. The Hall–Kier alpha value is -0.910. The fourth-order valence-corrected chi connectivity index (χ4v) is 2.23. The van der Waals surface area contributed by atoms with E-state index in [1.807, 2.05) is 19.1 Å². The predicted molar refractivity (Wildman–Crippen MR) is 84.8 cm³/mol. The number of carbonyl (C=O) groups is 1. The first kappa shape index (κ1) is 17.1. The van der Waals surface area contributed by atoms with Crippen molar-refractivity contribution in [2.24, 2.45) is 0 Å². The van der Waals surface area contributed by atoms with Crippen molar-refractivity contribution in [3.05, 3.63) is 34.3 Å². The molecule has 4 nitrogen and oxygen atoms in total. The molecule has 0 heterocycles. The maximum atomic E-state index is 11.8. The average Bonchev–Trinajstić information content (AvgIpc) is 2.41. The van der Waals surface area contributed by atoms with Crippen LogP contribution in [0.5, 0.6) is 0 Å². The summed E-state index contributed by atoms with van der Waals surface area (Å²) in [6.07, 6.45) is 0.892. The first-order chi connectivity index (χ1) is 9.52. The number of hydrogen-bond donors (Lipinski definition) is 2. The molecular formula is C15H23BrN2O2. The molecule has 0 spiro atoms. The zero-order chi connectivity index (χ0) is 15.0. The van der Waals surface area contributed by atoms with Crippen LogP contribution in [-0.2, 0) is 16.0 Å². The fraction of sp³-hybridized carbons (Fsp3) is 0.533. The molecule has 0 fully saturated rings. The zero-order valence-corrected chi connectivity index (χ0v) is 13.9. The summed E-state index contributed by atoms with van der Waals surface area (Å²) in [5, 5.41) is 6.13. The molecule has 0 bridgehead atoms. The molecule has 0 saturated heterocycles. The summed E-state index contributed by atoms with van der Waals surface area (Å²) in [5.74, 6) is 0.00436. The van der Waals surface area contributed by atoms with Gasteiger partial charge in [-0.3, -0.25) is 4.79 Å². The number of ether oxygens (including phenoxy) is 1. The van der Waals surface area contributed by atoms with E-state index in [9.17, 15) is 4.79 Å². The smallest absolute Gasteiger partial charge is 0.236 e. The number of benzene rings is 1. The number of carbonyl (C=O) groups excluding carboxylic acids is 1. The lowest BCUT2D eigenvalue weighted by Crippen LogP contribution is -2.47. The van der Waals surface area contributed by atoms with E-state index in [-0.39, 0.29) is 18.0 Å². The van der Waals surface area contributed by atoms with Gasteiger partial charge in [-0.05, 0) is 38.0 Å². The van der Waals surface area contributed by atoms with Gasteiger partial charge in [0.15, 0.2) is 0 Å². The van der Waals surface area contributed by atoms with Gasteiger partial charge in [0.25, 0.3) is 0 Å². The van der Waals surface area contributed by atoms with Gasteiger partial charge in [-0.2, -0.15) is 0 Å². The molecule has 0 aliphatic rings. The van der Waals surface area contributed by atoms with Crippen LogP contribution in [0, 0.1) is 0 Å². The maximum Gasteiger partial charge on any atom is 0.236 e. The van der Waals surface area contributed by atoms with Gasteiger partial charge in [0.2, 0.25) is 5.91 Å². The minimum Gasteiger partial charge on any atom is -0.383 e. The van der Waals surface area contributed by atoms with E-state index in [1.54, 1.807) is 7.11 Å². The van der Waals surface area contributed by atoms with Gasteiger partial charge in [-0.1, -0.05) is 28.1 Å². The Bertz CT molecular complexity index is 409. The van der Waals surface area contributed by atoms with E-state index in [4.69, 9.17) is 4.74 Å². The largest absolute Gasteiger partial charge is 0.383 e. The Morgan fingerprint density at radius 1 is 1.30 bits per heavy atom. The first-order valence-electron chi connectivity index (χ1n) is 6.80. The first-order valence-corrected chi connectivity index (χ1v) is 7.59. The molecule has 0 saturated carbocycles. The van der Waals surface area contributed by atoms with E-state index in [1.165, 1.54) is 5.56 Å². The van der Waals surface area contributed by atoms with Crippen LogP contribution >= 0.6 is 15.9 Å². The molecular weight excluding hydrogens is 320 g/mol.